The quantitative estimate of drug-likeness (QED) is 0.908. The minimum atomic E-state index is -0.779. The molecular weight excluding hydrogens is 254 g/mol. The lowest BCUT2D eigenvalue weighted by Gasteiger charge is -2.34. The fourth-order valence-electron chi connectivity index (χ4n) is 2.79. The maximum Gasteiger partial charge on any atom is 0.326 e. The fourth-order valence-corrected chi connectivity index (χ4v) is 2.79. The van der Waals surface area contributed by atoms with E-state index in [0.717, 1.165) is 36.1 Å². The Morgan fingerprint density at radius 2 is 1.95 bits per heavy atom. The van der Waals surface area contributed by atoms with Crippen molar-refractivity contribution in [3.05, 3.63) is 30.0 Å². The number of rotatable bonds is 2. The molecule has 0 spiro atoms. The third-order valence-electron chi connectivity index (χ3n) is 3.78. The first-order chi connectivity index (χ1) is 9.66. The van der Waals surface area contributed by atoms with Gasteiger partial charge in [-0.2, -0.15) is 0 Å². The summed E-state index contributed by atoms with van der Waals surface area (Å²) in [6.45, 7) is 2.62. The summed E-state index contributed by atoms with van der Waals surface area (Å²) in [5.41, 5.74) is 2.44. The molecule has 1 aliphatic heterocycles. The van der Waals surface area contributed by atoms with Gasteiger partial charge in [-0.25, -0.2) is 14.8 Å². The van der Waals surface area contributed by atoms with Gasteiger partial charge in [-0.15, -0.1) is 0 Å². The second-order valence-corrected chi connectivity index (χ2v) is 5.16. The van der Waals surface area contributed by atoms with Gasteiger partial charge in [0, 0.05) is 6.54 Å². The van der Waals surface area contributed by atoms with E-state index >= 15 is 0 Å². The van der Waals surface area contributed by atoms with Crippen LogP contribution in [0.4, 0.5) is 5.82 Å². The van der Waals surface area contributed by atoms with Crippen molar-refractivity contribution >= 4 is 22.8 Å². The number of hydrogen-bond acceptors (Lipinski definition) is 4. The summed E-state index contributed by atoms with van der Waals surface area (Å²) in [4.78, 5) is 22.5. The fraction of sp³-hybridized carbons (Fsp3) is 0.400. The van der Waals surface area contributed by atoms with Gasteiger partial charge in [0.05, 0.1) is 16.7 Å². The van der Waals surface area contributed by atoms with E-state index in [1.807, 2.05) is 36.1 Å². The molecule has 2 heterocycles. The first-order valence-electron chi connectivity index (χ1n) is 6.89. The number of piperidine rings is 1. The molecule has 0 amide bonds. The van der Waals surface area contributed by atoms with Gasteiger partial charge in [0.25, 0.3) is 0 Å². The first-order valence-corrected chi connectivity index (χ1v) is 6.89. The number of nitrogens with zero attached hydrogens (tertiary/aromatic N) is 3. The highest BCUT2D eigenvalue weighted by Gasteiger charge is 2.30. The van der Waals surface area contributed by atoms with Crippen LogP contribution in [0.1, 0.15) is 25.0 Å². The molecule has 1 aromatic carbocycles. The Labute approximate surface area is 117 Å². The maximum atomic E-state index is 11.4. The summed E-state index contributed by atoms with van der Waals surface area (Å²) < 4.78 is 0. The molecule has 104 valence electrons. The van der Waals surface area contributed by atoms with Crippen LogP contribution in [0.25, 0.3) is 11.0 Å². The van der Waals surface area contributed by atoms with Gasteiger partial charge in [0.2, 0.25) is 0 Å². The van der Waals surface area contributed by atoms with Crippen molar-refractivity contribution in [1.82, 2.24) is 9.97 Å². The average Bonchev–Trinajstić information content (AvgIpc) is 2.46. The van der Waals surface area contributed by atoms with Crippen molar-refractivity contribution in [3.8, 4) is 0 Å². The second-order valence-electron chi connectivity index (χ2n) is 5.16. The molecule has 1 N–H and O–H groups in total. The number of para-hydroxylation sites is 2. The number of anilines is 1. The molecule has 0 aliphatic carbocycles. The zero-order chi connectivity index (χ0) is 14.1. The normalized spacial score (nSPS) is 19.2. The smallest absolute Gasteiger partial charge is 0.326 e. The van der Waals surface area contributed by atoms with Crippen LogP contribution in [0.3, 0.4) is 0 Å². The summed E-state index contributed by atoms with van der Waals surface area (Å²) in [5.74, 6) is -0.0742. The monoisotopic (exact) mass is 271 g/mol. The molecular formula is C15H17N3O2. The zero-order valence-electron chi connectivity index (χ0n) is 11.4. The van der Waals surface area contributed by atoms with E-state index in [0.29, 0.717) is 12.2 Å². The Kier molecular flexibility index (Phi) is 3.26. The molecule has 1 atom stereocenters. The summed E-state index contributed by atoms with van der Waals surface area (Å²) >= 11 is 0. The number of benzene rings is 1. The van der Waals surface area contributed by atoms with Crippen molar-refractivity contribution in [2.45, 2.75) is 32.2 Å². The van der Waals surface area contributed by atoms with Crippen LogP contribution in [0.2, 0.25) is 0 Å². The van der Waals surface area contributed by atoms with Crippen LogP contribution in [-0.4, -0.2) is 33.6 Å². The van der Waals surface area contributed by atoms with Crippen LogP contribution in [0.5, 0.6) is 0 Å². The molecule has 1 fully saturated rings. The van der Waals surface area contributed by atoms with Crippen molar-refractivity contribution in [2.24, 2.45) is 0 Å². The average molecular weight is 271 g/mol. The minimum Gasteiger partial charge on any atom is -0.480 e. The Hall–Kier alpha value is -2.17. The minimum absolute atomic E-state index is 0.488. The Morgan fingerprint density at radius 1 is 1.25 bits per heavy atom. The van der Waals surface area contributed by atoms with Gasteiger partial charge in [-0.1, -0.05) is 12.1 Å². The van der Waals surface area contributed by atoms with Gasteiger partial charge in [0.15, 0.2) is 5.82 Å². The van der Waals surface area contributed by atoms with Crippen molar-refractivity contribution in [1.29, 1.82) is 0 Å². The largest absolute Gasteiger partial charge is 0.480 e. The van der Waals surface area contributed by atoms with Gasteiger partial charge in [-0.3, -0.25) is 0 Å². The molecule has 1 unspecified atom stereocenters. The number of carboxylic acid groups (broad SMARTS) is 1. The predicted octanol–water partition coefficient (Wildman–Crippen LogP) is 2.38. The van der Waals surface area contributed by atoms with Gasteiger partial charge < -0.3 is 10.0 Å². The topological polar surface area (TPSA) is 66.3 Å². The Bertz CT molecular complexity index is 657. The van der Waals surface area contributed by atoms with E-state index in [1.165, 1.54) is 0 Å². The highest BCUT2D eigenvalue weighted by molar-refractivity contribution is 5.80. The number of carbonyl (C=O) groups is 1. The number of fused-ring (bicyclic) bond motifs is 1. The first kappa shape index (κ1) is 12.8. The highest BCUT2D eigenvalue weighted by Crippen LogP contribution is 2.27. The summed E-state index contributed by atoms with van der Waals surface area (Å²) in [5, 5.41) is 9.38. The van der Waals surface area contributed by atoms with E-state index in [9.17, 15) is 9.90 Å². The van der Waals surface area contributed by atoms with E-state index in [1.54, 1.807) is 0 Å². The van der Waals surface area contributed by atoms with Gasteiger partial charge in [0.1, 0.15) is 6.04 Å². The van der Waals surface area contributed by atoms with Gasteiger partial charge in [-0.05, 0) is 38.3 Å². The highest BCUT2D eigenvalue weighted by atomic mass is 16.4. The van der Waals surface area contributed by atoms with Crippen LogP contribution >= 0.6 is 0 Å². The molecule has 0 radical (unpaired) electrons. The lowest BCUT2D eigenvalue weighted by molar-refractivity contribution is -0.139. The molecule has 5 nitrogen and oxygen atoms in total. The van der Waals surface area contributed by atoms with Crippen LogP contribution < -0.4 is 4.90 Å². The number of aliphatic carboxylic acids is 1. The molecule has 1 aliphatic rings. The number of aromatic nitrogens is 2. The van der Waals surface area contributed by atoms with E-state index in [-0.39, 0.29) is 0 Å². The number of aryl methyl sites for hydroxylation is 1. The molecule has 0 saturated carbocycles. The standard InChI is InChI=1S/C15H17N3O2/c1-10-14(17-12-7-3-2-6-11(12)16-10)18-9-5-4-8-13(18)15(19)20/h2-3,6-7,13H,4-5,8-9H2,1H3,(H,19,20). The number of carboxylic acids is 1. The summed E-state index contributed by atoms with van der Waals surface area (Å²) in [7, 11) is 0. The lowest BCUT2D eigenvalue weighted by atomic mass is 10.0. The predicted molar refractivity (Wildman–Crippen MR) is 76.9 cm³/mol. The van der Waals surface area contributed by atoms with Crippen LogP contribution in [-0.2, 0) is 4.79 Å². The zero-order valence-corrected chi connectivity index (χ0v) is 11.4. The maximum absolute atomic E-state index is 11.4. The molecule has 1 saturated heterocycles. The molecule has 1 aromatic heterocycles. The summed E-state index contributed by atoms with van der Waals surface area (Å²) in [6, 6.07) is 7.19. The SMILES string of the molecule is Cc1nc2ccccc2nc1N1CCCCC1C(=O)O. The third-order valence-corrected chi connectivity index (χ3v) is 3.78. The van der Waals surface area contributed by atoms with Gasteiger partial charge >= 0.3 is 5.97 Å². The third kappa shape index (κ3) is 2.19. The molecule has 20 heavy (non-hydrogen) atoms. The number of hydrogen-bond donors (Lipinski definition) is 1. The van der Waals surface area contributed by atoms with E-state index in [4.69, 9.17) is 0 Å². The van der Waals surface area contributed by atoms with Crippen molar-refractivity contribution in [3.63, 3.8) is 0 Å². The van der Waals surface area contributed by atoms with E-state index < -0.39 is 12.0 Å². The Morgan fingerprint density at radius 3 is 2.65 bits per heavy atom. The summed E-state index contributed by atoms with van der Waals surface area (Å²) in [6.07, 6.45) is 2.62. The lowest BCUT2D eigenvalue weighted by Crippen LogP contribution is -2.45. The molecule has 2 aromatic rings. The van der Waals surface area contributed by atoms with E-state index in [2.05, 4.69) is 9.97 Å². The molecule has 5 heteroatoms. The van der Waals surface area contributed by atoms with Crippen LogP contribution in [0, 0.1) is 6.92 Å². The molecule has 0 bridgehead atoms. The van der Waals surface area contributed by atoms with Crippen molar-refractivity contribution in [2.75, 3.05) is 11.4 Å². The Balaban J connectivity index is 2.07. The van der Waals surface area contributed by atoms with Crippen LogP contribution in [0.15, 0.2) is 24.3 Å². The molecule has 3 rings (SSSR count). The second kappa shape index (κ2) is 5.07. The van der Waals surface area contributed by atoms with Crippen molar-refractivity contribution < 1.29 is 9.90 Å².